The van der Waals surface area contributed by atoms with Crippen LogP contribution in [0.2, 0.25) is 0 Å². The minimum absolute atomic E-state index is 0.177. The molecule has 8 heteroatoms. The van der Waals surface area contributed by atoms with Crippen LogP contribution in [0, 0.1) is 13.8 Å². The van der Waals surface area contributed by atoms with E-state index in [1.807, 2.05) is 32.0 Å². The lowest BCUT2D eigenvalue weighted by molar-refractivity contribution is 0.102. The number of fused-ring (bicyclic) bond motifs is 1. The molecule has 0 fully saturated rings. The third-order valence-electron chi connectivity index (χ3n) is 5.38. The van der Waals surface area contributed by atoms with Crippen molar-refractivity contribution in [3.8, 4) is 11.5 Å². The van der Waals surface area contributed by atoms with Crippen molar-refractivity contribution in [2.24, 2.45) is 0 Å². The number of hydrogen-bond donors (Lipinski definition) is 2. The highest BCUT2D eigenvalue weighted by molar-refractivity contribution is 7.91. The van der Waals surface area contributed by atoms with Crippen LogP contribution >= 0.6 is 0 Å². The average molecular weight is 453 g/mol. The Balaban J connectivity index is 1.44. The zero-order valence-electron chi connectivity index (χ0n) is 18.1. The zero-order chi connectivity index (χ0) is 22.9. The second-order valence-electron chi connectivity index (χ2n) is 7.73. The largest absolute Gasteiger partial charge is 0.454 e. The predicted molar refractivity (Wildman–Crippen MR) is 123 cm³/mol. The van der Waals surface area contributed by atoms with Gasteiger partial charge in [-0.3, -0.25) is 4.79 Å². The fraction of sp³-hybridized carbons (Fsp3) is 0.208. The first-order valence-electron chi connectivity index (χ1n) is 10.1. The Hall–Kier alpha value is -3.52. The Morgan fingerprint density at radius 2 is 1.69 bits per heavy atom. The molecule has 0 spiro atoms. The van der Waals surface area contributed by atoms with Crippen molar-refractivity contribution in [2.45, 2.75) is 25.3 Å². The molecule has 1 amide bonds. The van der Waals surface area contributed by atoms with E-state index in [9.17, 15) is 13.2 Å². The second kappa shape index (κ2) is 8.55. The summed E-state index contributed by atoms with van der Waals surface area (Å²) in [5.41, 5.74) is 4.28. The lowest BCUT2D eigenvalue weighted by Crippen LogP contribution is -2.12. The minimum Gasteiger partial charge on any atom is -0.454 e. The smallest absolute Gasteiger partial charge is 0.255 e. The van der Waals surface area contributed by atoms with E-state index in [2.05, 4.69) is 10.6 Å². The van der Waals surface area contributed by atoms with Crippen molar-refractivity contribution in [1.29, 1.82) is 0 Å². The summed E-state index contributed by atoms with van der Waals surface area (Å²) in [4.78, 5) is 12.9. The van der Waals surface area contributed by atoms with Crippen molar-refractivity contribution in [3.63, 3.8) is 0 Å². The molecule has 1 aliphatic rings. The van der Waals surface area contributed by atoms with Gasteiger partial charge in [-0.1, -0.05) is 18.2 Å². The van der Waals surface area contributed by atoms with E-state index in [0.29, 0.717) is 39.9 Å². The summed E-state index contributed by atoms with van der Waals surface area (Å²) in [5.74, 6) is 1.02. The quantitative estimate of drug-likeness (QED) is 0.579. The van der Waals surface area contributed by atoms with Crippen molar-refractivity contribution in [3.05, 3.63) is 76.9 Å². The number of rotatable bonds is 6. The second-order valence-corrected chi connectivity index (χ2v) is 9.68. The van der Waals surface area contributed by atoms with Crippen molar-refractivity contribution in [2.75, 3.05) is 23.7 Å². The van der Waals surface area contributed by atoms with Gasteiger partial charge in [0.2, 0.25) is 6.79 Å². The van der Waals surface area contributed by atoms with Gasteiger partial charge in [0, 0.05) is 30.1 Å². The van der Waals surface area contributed by atoms with E-state index in [4.69, 9.17) is 9.47 Å². The van der Waals surface area contributed by atoms with Gasteiger partial charge in [-0.25, -0.2) is 8.42 Å². The number of anilines is 2. The molecule has 1 heterocycles. The average Bonchev–Trinajstić information content (AvgIpc) is 3.22. The summed E-state index contributed by atoms with van der Waals surface area (Å²) in [6.07, 6.45) is 1.22. The summed E-state index contributed by atoms with van der Waals surface area (Å²) >= 11 is 0. The van der Waals surface area contributed by atoms with E-state index in [1.165, 1.54) is 6.26 Å². The van der Waals surface area contributed by atoms with Gasteiger partial charge >= 0.3 is 0 Å². The molecular weight excluding hydrogens is 428 g/mol. The van der Waals surface area contributed by atoms with Crippen LogP contribution in [0.15, 0.2) is 59.5 Å². The molecule has 32 heavy (non-hydrogen) atoms. The molecule has 3 aromatic carbocycles. The van der Waals surface area contributed by atoms with Crippen molar-refractivity contribution >= 4 is 27.1 Å². The monoisotopic (exact) mass is 452 g/mol. The molecule has 0 aliphatic carbocycles. The molecule has 2 N–H and O–H groups in total. The summed E-state index contributed by atoms with van der Waals surface area (Å²) in [6, 6.07) is 16.1. The number of amides is 1. The van der Waals surface area contributed by atoms with Crippen LogP contribution in [-0.4, -0.2) is 27.4 Å². The molecule has 166 valence electrons. The highest BCUT2D eigenvalue weighted by Gasteiger charge is 2.18. The minimum atomic E-state index is -3.37. The summed E-state index contributed by atoms with van der Waals surface area (Å²) < 4.78 is 35.1. The Labute approximate surface area is 187 Å². The molecule has 1 aliphatic heterocycles. The Bertz CT molecular complexity index is 1280. The van der Waals surface area contributed by atoms with E-state index in [0.717, 1.165) is 16.7 Å². The number of hydrogen-bond acceptors (Lipinski definition) is 6. The van der Waals surface area contributed by atoms with Gasteiger partial charge in [-0.15, -0.1) is 0 Å². The first-order chi connectivity index (χ1) is 15.2. The highest BCUT2D eigenvalue weighted by atomic mass is 32.2. The lowest BCUT2D eigenvalue weighted by Gasteiger charge is -2.15. The fourth-order valence-corrected chi connectivity index (χ4v) is 4.81. The fourth-order valence-electron chi connectivity index (χ4n) is 3.56. The molecule has 0 aromatic heterocycles. The van der Waals surface area contributed by atoms with Gasteiger partial charge in [0.15, 0.2) is 21.3 Å². The Kier molecular flexibility index (Phi) is 5.80. The molecular formula is C24H24N2O5S. The van der Waals surface area contributed by atoms with Crippen molar-refractivity contribution < 1.29 is 22.7 Å². The van der Waals surface area contributed by atoms with E-state index in [-0.39, 0.29) is 12.7 Å². The highest BCUT2D eigenvalue weighted by Crippen LogP contribution is 2.34. The molecule has 0 saturated carbocycles. The third kappa shape index (κ3) is 4.55. The lowest BCUT2D eigenvalue weighted by atomic mass is 10.1. The molecule has 7 nitrogen and oxygen atoms in total. The first-order valence-corrected chi connectivity index (χ1v) is 12.0. The van der Waals surface area contributed by atoms with Crippen LogP contribution < -0.4 is 20.1 Å². The predicted octanol–water partition coefficient (Wildman–Crippen LogP) is 4.30. The van der Waals surface area contributed by atoms with Gasteiger partial charge in [-0.2, -0.15) is 0 Å². The van der Waals surface area contributed by atoms with Gasteiger partial charge in [0.25, 0.3) is 5.91 Å². The molecule has 0 atom stereocenters. The van der Waals surface area contributed by atoms with Crippen LogP contribution in [0.3, 0.4) is 0 Å². The number of benzene rings is 3. The molecule has 0 unspecified atom stereocenters. The number of aryl methyl sites for hydroxylation is 1. The van der Waals surface area contributed by atoms with E-state index < -0.39 is 9.84 Å². The number of nitrogens with one attached hydrogen (secondary N) is 2. The normalized spacial score (nSPS) is 12.5. The molecule has 0 radical (unpaired) electrons. The van der Waals surface area contributed by atoms with Crippen LogP contribution in [0.5, 0.6) is 11.5 Å². The van der Waals surface area contributed by atoms with Crippen LogP contribution in [0.1, 0.15) is 27.0 Å². The first kappa shape index (κ1) is 21.7. The molecule has 4 rings (SSSR count). The van der Waals surface area contributed by atoms with Crippen molar-refractivity contribution in [1.82, 2.24) is 0 Å². The number of sulfone groups is 1. The Morgan fingerprint density at radius 1 is 0.969 bits per heavy atom. The standard InChI is InChI=1S/C24H24N2O5S/c1-15-4-10-20(23(16(15)2)32(3,28)29)25-13-17-5-7-18(8-6-17)24(27)26-19-9-11-21-22(12-19)31-14-30-21/h4-12,25H,13-14H2,1-3H3,(H,26,27). The maximum absolute atomic E-state index is 12.6. The molecule has 0 saturated heterocycles. The Morgan fingerprint density at radius 3 is 2.41 bits per heavy atom. The zero-order valence-corrected chi connectivity index (χ0v) is 18.9. The molecule has 0 bridgehead atoms. The maximum atomic E-state index is 12.6. The SMILES string of the molecule is Cc1ccc(NCc2ccc(C(=O)Nc3ccc4c(c3)OCO4)cc2)c(S(C)(=O)=O)c1C. The number of carbonyl (C=O) groups excluding carboxylic acids is 1. The van der Waals surface area contributed by atoms with Crippen LogP contribution in [0.4, 0.5) is 11.4 Å². The van der Waals surface area contributed by atoms with Gasteiger partial charge in [0.05, 0.1) is 10.6 Å². The van der Waals surface area contributed by atoms with Crippen LogP contribution in [-0.2, 0) is 16.4 Å². The van der Waals surface area contributed by atoms with Gasteiger partial charge in [-0.05, 0) is 60.9 Å². The van der Waals surface area contributed by atoms with E-state index >= 15 is 0 Å². The maximum Gasteiger partial charge on any atom is 0.255 e. The van der Waals surface area contributed by atoms with Gasteiger partial charge < -0.3 is 20.1 Å². The molecule has 3 aromatic rings. The number of carbonyl (C=O) groups is 1. The third-order valence-corrected chi connectivity index (χ3v) is 6.64. The van der Waals surface area contributed by atoms with Gasteiger partial charge in [0.1, 0.15) is 0 Å². The van der Waals surface area contributed by atoms with E-state index in [1.54, 1.807) is 36.4 Å². The topological polar surface area (TPSA) is 93.7 Å². The summed E-state index contributed by atoms with van der Waals surface area (Å²) in [7, 11) is -3.37. The number of ether oxygens (including phenoxy) is 2. The van der Waals surface area contributed by atoms with Crippen LogP contribution in [0.25, 0.3) is 0 Å². The summed E-state index contributed by atoms with van der Waals surface area (Å²) in [5, 5.41) is 6.06. The summed E-state index contributed by atoms with van der Waals surface area (Å²) in [6.45, 7) is 4.30.